The Morgan fingerprint density at radius 2 is 2.47 bits per heavy atom. The van der Waals surface area contributed by atoms with E-state index < -0.39 is 0 Å². The van der Waals surface area contributed by atoms with Crippen LogP contribution in [-0.2, 0) is 16.1 Å². The monoisotopic (exact) mass is 263 g/mol. The lowest BCUT2D eigenvalue weighted by Gasteiger charge is -2.22. The number of likely N-dealkylation sites (tertiary alicyclic amines) is 1. The largest absolute Gasteiger partial charge is 0.465 e. The molecule has 5 heteroatoms. The molecule has 104 valence electrons. The van der Waals surface area contributed by atoms with Crippen LogP contribution >= 0.6 is 0 Å². The standard InChI is InChI=1S/C14H21N3O2/c1-3-19-14(18)12-5-4-8-17(12)10-11-6-7-16-13(9-11)15-2/h6-7,9,12H,3-5,8,10H2,1-2H3,(H,15,16). The van der Waals surface area contributed by atoms with Crippen molar-refractivity contribution in [1.29, 1.82) is 0 Å². The Morgan fingerprint density at radius 3 is 3.21 bits per heavy atom. The molecular formula is C14H21N3O2. The third kappa shape index (κ3) is 3.44. The number of hydrogen-bond acceptors (Lipinski definition) is 5. The van der Waals surface area contributed by atoms with Crippen LogP contribution in [0.2, 0.25) is 0 Å². The predicted octanol–water partition coefficient (Wildman–Crippen LogP) is 1.65. The van der Waals surface area contributed by atoms with Gasteiger partial charge in [-0.2, -0.15) is 0 Å². The van der Waals surface area contributed by atoms with Gasteiger partial charge in [-0.1, -0.05) is 0 Å². The maximum absolute atomic E-state index is 11.9. The first kappa shape index (κ1) is 13.8. The van der Waals surface area contributed by atoms with E-state index in [-0.39, 0.29) is 12.0 Å². The van der Waals surface area contributed by atoms with E-state index in [9.17, 15) is 4.79 Å². The summed E-state index contributed by atoms with van der Waals surface area (Å²) >= 11 is 0. The summed E-state index contributed by atoms with van der Waals surface area (Å²) in [4.78, 5) is 18.3. The summed E-state index contributed by atoms with van der Waals surface area (Å²) in [6, 6.07) is 3.91. The van der Waals surface area contributed by atoms with E-state index in [0.29, 0.717) is 6.61 Å². The minimum atomic E-state index is -0.0945. The number of esters is 1. The highest BCUT2D eigenvalue weighted by Crippen LogP contribution is 2.21. The minimum absolute atomic E-state index is 0.0915. The van der Waals surface area contributed by atoms with Crippen LogP contribution in [0.15, 0.2) is 18.3 Å². The van der Waals surface area contributed by atoms with Crippen molar-refractivity contribution < 1.29 is 9.53 Å². The van der Waals surface area contributed by atoms with Gasteiger partial charge in [-0.25, -0.2) is 4.98 Å². The summed E-state index contributed by atoms with van der Waals surface area (Å²) in [5, 5.41) is 3.03. The number of nitrogens with zero attached hydrogens (tertiary/aromatic N) is 2. The Hall–Kier alpha value is -1.62. The van der Waals surface area contributed by atoms with Crippen LogP contribution < -0.4 is 5.32 Å². The van der Waals surface area contributed by atoms with Crippen molar-refractivity contribution in [3.8, 4) is 0 Å². The van der Waals surface area contributed by atoms with Gasteiger partial charge in [0.1, 0.15) is 11.9 Å². The van der Waals surface area contributed by atoms with Crippen LogP contribution in [0.25, 0.3) is 0 Å². The number of rotatable bonds is 5. The molecule has 19 heavy (non-hydrogen) atoms. The summed E-state index contributed by atoms with van der Waals surface area (Å²) in [6.45, 7) is 4.00. The van der Waals surface area contributed by atoms with Crippen molar-refractivity contribution in [3.63, 3.8) is 0 Å². The molecule has 5 nitrogen and oxygen atoms in total. The summed E-state index contributed by atoms with van der Waals surface area (Å²) in [6.07, 6.45) is 3.73. The van der Waals surface area contributed by atoms with Crippen molar-refractivity contribution in [3.05, 3.63) is 23.9 Å². The molecule has 0 aliphatic carbocycles. The molecule has 0 bridgehead atoms. The van der Waals surface area contributed by atoms with Crippen LogP contribution in [0.4, 0.5) is 5.82 Å². The number of anilines is 1. The van der Waals surface area contributed by atoms with E-state index in [2.05, 4.69) is 15.2 Å². The number of carbonyl (C=O) groups is 1. The van der Waals surface area contributed by atoms with E-state index in [0.717, 1.165) is 37.3 Å². The highest BCUT2D eigenvalue weighted by molar-refractivity contribution is 5.76. The van der Waals surface area contributed by atoms with Gasteiger partial charge in [0.05, 0.1) is 6.61 Å². The number of ether oxygens (including phenoxy) is 1. The van der Waals surface area contributed by atoms with Gasteiger partial charge in [0, 0.05) is 19.8 Å². The van der Waals surface area contributed by atoms with Gasteiger partial charge in [0.2, 0.25) is 0 Å². The van der Waals surface area contributed by atoms with E-state index >= 15 is 0 Å². The molecule has 1 unspecified atom stereocenters. The highest BCUT2D eigenvalue weighted by atomic mass is 16.5. The molecule has 1 fully saturated rings. The van der Waals surface area contributed by atoms with Crippen LogP contribution in [-0.4, -0.2) is 42.1 Å². The maximum Gasteiger partial charge on any atom is 0.323 e. The van der Waals surface area contributed by atoms with Crippen molar-refractivity contribution in [2.45, 2.75) is 32.4 Å². The molecule has 0 radical (unpaired) electrons. The lowest BCUT2D eigenvalue weighted by Crippen LogP contribution is -2.36. The summed E-state index contributed by atoms with van der Waals surface area (Å²) in [5.41, 5.74) is 1.16. The Morgan fingerprint density at radius 1 is 1.63 bits per heavy atom. The van der Waals surface area contributed by atoms with Crippen LogP contribution in [0.5, 0.6) is 0 Å². The topological polar surface area (TPSA) is 54.5 Å². The van der Waals surface area contributed by atoms with E-state index in [1.165, 1.54) is 0 Å². The second-order valence-electron chi connectivity index (χ2n) is 4.68. The molecule has 0 aromatic carbocycles. The smallest absolute Gasteiger partial charge is 0.323 e. The minimum Gasteiger partial charge on any atom is -0.465 e. The third-order valence-corrected chi connectivity index (χ3v) is 3.39. The van der Waals surface area contributed by atoms with Crippen molar-refractivity contribution in [2.24, 2.45) is 0 Å². The zero-order chi connectivity index (χ0) is 13.7. The van der Waals surface area contributed by atoms with E-state index in [1.807, 2.05) is 26.1 Å². The zero-order valence-electron chi connectivity index (χ0n) is 11.6. The summed E-state index contributed by atoms with van der Waals surface area (Å²) in [7, 11) is 1.85. The number of hydrogen-bond donors (Lipinski definition) is 1. The zero-order valence-corrected chi connectivity index (χ0v) is 11.6. The van der Waals surface area contributed by atoms with Gasteiger partial charge in [0.15, 0.2) is 0 Å². The SMILES string of the molecule is CCOC(=O)C1CCCN1Cc1ccnc(NC)c1. The molecule has 2 heterocycles. The molecule has 1 aromatic heterocycles. The second-order valence-corrected chi connectivity index (χ2v) is 4.68. The van der Waals surface area contributed by atoms with Gasteiger partial charge in [-0.3, -0.25) is 9.69 Å². The molecule has 1 N–H and O–H groups in total. The fourth-order valence-electron chi connectivity index (χ4n) is 2.46. The van der Waals surface area contributed by atoms with Crippen LogP contribution in [0.1, 0.15) is 25.3 Å². The Bertz CT molecular complexity index is 436. The molecule has 1 aliphatic rings. The third-order valence-electron chi connectivity index (χ3n) is 3.39. The van der Waals surface area contributed by atoms with Crippen molar-refractivity contribution in [1.82, 2.24) is 9.88 Å². The normalized spacial score (nSPS) is 19.4. The lowest BCUT2D eigenvalue weighted by molar-refractivity contribution is -0.148. The first-order valence-electron chi connectivity index (χ1n) is 6.78. The molecule has 1 aromatic rings. The Balaban J connectivity index is 2.02. The van der Waals surface area contributed by atoms with Gasteiger partial charge >= 0.3 is 5.97 Å². The highest BCUT2D eigenvalue weighted by Gasteiger charge is 2.31. The molecule has 0 amide bonds. The van der Waals surface area contributed by atoms with Crippen LogP contribution in [0.3, 0.4) is 0 Å². The average Bonchev–Trinajstić information content (AvgIpc) is 2.87. The number of pyridine rings is 1. The predicted molar refractivity (Wildman–Crippen MR) is 73.8 cm³/mol. The summed E-state index contributed by atoms with van der Waals surface area (Å²) < 4.78 is 5.13. The van der Waals surface area contributed by atoms with Gasteiger partial charge < -0.3 is 10.1 Å². The van der Waals surface area contributed by atoms with Crippen LogP contribution in [0, 0.1) is 0 Å². The molecule has 1 atom stereocenters. The molecule has 2 rings (SSSR count). The average molecular weight is 263 g/mol. The quantitative estimate of drug-likeness (QED) is 0.819. The first-order valence-corrected chi connectivity index (χ1v) is 6.78. The van der Waals surface area contributed by atoms with E-state index in [4.69, 9.17) is 4.74 Å². The molecule has 0 saturated carbocycles. The Kier molecular flexibility index (Phi) is 4.74. The number of nitrogens with one attached hydrogen (secondary N) is 1. The number of carbonyl (C=O) groups excluding carboxylic acids is 1. The van der Waals surface area contributed by atoms with Crippen molar-refractivity contribution >= 4 is 11.8 Å². The van der Waals surface area contributed by atoms with E-state index in [1.54, 1.807) is 6.20 Å². The fourth-order valence-corrected chi connectivity index (χ4v) is 2.46. The first-order chi connectivity index (χ1) is 9.24. The van der Waals surface area contributed by atoms with Crippen molar-refractivity contribution in [2.75, 3.05) is 25.5 Å². The Labute approximate surface area is 114 Å². The molecule has 0 spiro atoms. The maximum atomic E-state index is 11.9. The van der Waals surface area contributed by atoms with Gasteiger partial charge in [-0.05, 0) is 44.0 Å². The molecular weight excluding hydrogens is 242 g/mol. The molecule has 1 saturated heterocycles. The summed E-state index contributed by atoms with van der Waals surface area (Å²) in [5.74, 6) is 0.757. The fraction of sp³-hybridized carbons (Fsp3) is 0.571. The number of aromatic nitrogens is 1. The lowest BCUT2D eigenvalue weighted by atomic mass is 10.2. The van der Waals surface area contributed by atoms with Gasteiger partial charge in [-0.15, -0.1) is 0 Å². The second kappa shape index (κ2) is 6.52. The molecule has 1 aliphatic heterocycles. The van der Waals surface area contributed by atoms with Gasteiger partial charge in [0.25, 0.3) is 0 Å².